The molecule has 5 heteroatoms. The fourth-order valence-corrected chi connectivity index (χ4v) is 2.08. The van der Waals surface area contributed by atoms with Gasteiger partial charge in [-0.2, -0.15) is 0 Å². The molecule has 1 atom stereocenters. The van der Waals surface area contributed by atoms with E-state index in [-0.39, 0.29) is 6.04 Å². The highest BCUT2D eigenvalue weighted by atomic mass is 16.5. The number of ether oxygens (including phenoxy) is 2. The highest BCUT2D eigenvalue weighted by Crippen LogP contribution is 2.16. The summed E-state index contributed by atoms with van der Waals surface area (Å²) in [7, 11) is 3.44. The van der Waals surface area contributed by atoms with Crippen molar-refractivity contribution in [3.63, 3.8) is 0 Å². The van der Waals surface area contributed by atoms with Gasteiger partial charge in [-0.1, -0.05) is 6.92 Å². The fourth-order valence-electron chi connectivity index (χ4n) is 2.08. The van der Waals surface area contributed by atoms with Gasteiger partial charge in [-0.25, -0.2) is 4.98 Å². The lowest BCUT2D eigenvalue weighted by atomic mass is 10.2. The summed E-state index contributed by atoms with van der Waals surface area (Å²) in [6.07, 6.45) is 1.86. The second kappa shape index (κ2) is 9.69. The van der Waals surface area contributed by atoms with Crippen LogP contribution in [-0.4, -0.2) is 51.5 Å². The molecule has 1 heterocycles. The first-order valence-electron chi connectivity index (χ1n) is 7.13. The Kier molecular flexibility index (Phi) is 8.18. The van der Waals surface area contributed by atoms with E-state index < -0.39 is 0 Å². The minimum atomic E-state index is 0.261. The normalized spacial score (nSPS) is 12.4. The highest BCUT2D eigenvalue weighted by Gasteiger charge is 2.15. The van der Waals surface area contributed by atoms with Gasteiger partial charge in [-0.3, -0.25) is 0 Å². The summed E-state index contributed by atoms with van der Waals surface area (Å²) >= 11 is 0. The Balaban J connectivity index is 2.82. The first-order valence-corrected chi connectivity index (χ1v) is 7.13. The topological polar surface area (TPSA) is 46.6 Å². The van der Waals surface area contributed by atoms with Crippen LogP contribution in [0.3, 0.4) is 0 Å². The first-order chi connectivity index (χ1) is 9.72. The third-order valence-electron chi connectivity index (χ3n) is 3.16. The van der Waals surface area contributed by atoms with Gasteiger partial charge in [0.1, 0.15) is 5.82 Å². The van der Waals surface area contributed by atoms with E-state index >= 15 is 0 Å². The van der Waals surface area contributed by atoms with Gasteiger partial charge in [0.25, 0.3) is 0 Å². The maximum absolute atomic E-state index is 5.26. The van der Waals surface area contributed by atoms with E-state index in [9.17, 15) is 0 Å². The van der Waals surface area contributed by atoms with Crippen LogP contribution in [0, 0.1) is 0 Å². The predicted octanol–water partition coefficient (Wildman–Crippen LogP) is 1.68. The van der Waals surface area contributed by atoms with E-state index in [2.05, 4.69) is 35.1 Å². The van der Waals surface area contributed by atoms with Crippen LogP contribution in [-0.2, 0) is 16.0 Å². The molecule has 114 valence electrons. The van der Waals surface area contributed by atoms with Crippen LogP contribution in [0.4, 0.5) is 5.82 Å². The van der Waals surface area contributed by atoms with Gasteiger partial charge in [-0.15, -0.1) is 0 Å². The van der Waals surface area contributed by atoms with E-state index in [1.165, 1.54) is 5.56 Å². The number of anilines is 1. The van der Waals surface area contributed by atoms with Crippen molar-refractivity contribution in [2.75, 3.05) is 45.4 Å². The van der Waals surface area contributed by atoms with E-state index in [0.717, 1.165) is 25.5 Å². The second-order valence-corrected chi connectivity index (χ2v) is 4.79. The quantitative estimate of drug-likeness (QED) is 0.707. The second-order valence-electron chi connectivity index (χ2n) is 4.79. The molecule has 0 aliphatic rings. The zero-order valence-electron chi connectivity index (χ0n) is 13.1. The Bertz CT molecular complexity index is 374. The minimum absolute atomic E-state index is 0.261. The van der Waals surface area contributed by atoms with E-state index in [1.807, 2.05) is 12.3 Å². The molecule has 1 rings (SSSR count). The van der Waals surface area contributed by atoms with Crippen molar-refractivity contribution < 1.29 is 9.47 Å². The predicted molar refractivity (Wildman–Crippen MR) is 82.2 cm³/mol. The van der Waals surface area contributed by atoms with Crippen molar-refractivity contribution >= 4 is 5.82 Å². The van der Waals surface area contributed by atoms with Crippen LogP contribution in [0.5, 0.6) is 0 Å². The lowest BCUT2D eigenvalue weighted by Gasteiger charge is -2.30. The average molecular weight is 281 g/mol. The first kappa shape index (κ1) is 16.9. The Morgan fingerprint density at radius 2 is 2.15 bits per heavy atom. The number of pyridine rings is 1. The molecule has 0 spiro atoms. The Labute approximate surface area is 122 Å². The molecule has 0 radical (unpaired) electrons. The Morgan fingerprint density at radius 3 is 2.80 bits per heavy atom. The van der Waals surface area contributed by atoms with Crippen LogP contribution < -0.4 is 10.2 Å². The van der Waals surface area contributed by atoms with Crippen LogP contribution >= 0.6 is 0 Å². The molecule has 0 saturated heterocycles. The number of methoxy groups -OCH3 is 2. The highest BCUT2D eigenvalue weighted by molar-refractivity contribution is 5.42. The van der Waals surface area contributed by atoms with Gasteiger partial charge >= 0.3 is 0 Å². The van der Waals surface area contributed by atoms with Gasteiger partial charge in [0, 0.05) is 33.5 Å². The van der Waals surface area contributed by atoms with Crippen LogP contribution in [0.25, 0.3) is 0 Å². The molecule has 0 aromatic carbocycles. The Hall–Kier alpha value is -1.17. The molecule has 1 aromatic rings. The summed E-state index contributed by atoms with van der Waals surface area (Å²) in [5.41, 5.74) is 1.24. The molecular formula is C15H27N3O2. The van der Waals surface area contributed by atoms with Crippen LogP contribution in [0.1, 0.15) is 19.4 Å². The molecule has 1 aromatic heterocycles. The number of hydrogen-bond donors (Lipinski definition) is 1. The average Bonchev–Trinajstić information content (AvgIpc) is 2.46. The molecule has 0 fully saturated rings. The lowest BCUT2D eigenvalue weighted by Crippen LogP contribution is -2.39. The third-order valence-corrected chi connectivity index (χ3v) is 3.16. The number of nitrogens with one attached hydrogen (secondary N) is 1. The maximum Gasteiger partial charge on any atom is 0.129 e. The molecule has 20 heavy (non-hydrogen) atoms. The lowest BCUT2D eigenvalue weighted by molar-refractivity contribution is 0.170. The van der Waals surface area contributed by atoms with Crippen molar-refractivity contribution in [1.82, 2.24) is 10.3 Å². The molecule has 0 bridgehead atoms. The van der Waals surface area contributed by atoms with Gasteiger partial charge in [0.2, 0.25) is 0 Å². The van der Waals surface area contributed by atoms with Crippen molar-refractivity contribution in [2.24, 2.45) is 0 Å². The monoisotopic (exact) mass is 281 g/mol. The molecule has 0 aliphatic carbocycles. The molecule has 0 aliphatic heterocycles. The summed E-state index contributed by atoms with van der Waals surface area (Å²) < 4.78 is 10.5. The molecule has 0 amide bonds. The number of hydrogen-bond acceptors (Lipinski definition) is 5. The third kappa shape index (κ3) is 5.45. The summed E-state index contributed by atoms with van der Waals surface area (Å²) in [5, 5.41) is 3.33. The molecular weight excluding hydrogens is 254 g/mol. The smallest absolute Gasteiger partial charge is 0.129 e. The van der Waals surface area contributed by atoms with Crippen LogP contribution in [0.2, 0.25) is 0 Å². The number of rotatable bonds is 10. The zero-order chi connectivity index (χ0) is 14.8. The van der Waals surface area contributed by atoms with E-state index in [1.54, 1.807) is 14.2 Å². The van der Waals surface area contributed by atoms with Crippen molar-refractivity contribution in [3.8, 4) is 0 Å². The van der Waals surface area contributed by atoms with Gasteiger partial charge in [0.05, 0.1) is 19.3 Å². The summed E-state index contributed by atoms with van der Waals surface area (Å²) in [6.45, 7) is 8.22. The number of nitrogens with zero attached hydrogens (tertiary/aromatic N) is 2. The van der Waals surface area contributed by atoms with Crippen molar-refractivity contribution in [1.29, 1.82) is 0 Å². The number of aromatic nitrogens is 1. The molecule has 5 nitrogen and oxygen atoms in total. The molecule has 1 N–H and O–H groups in total. The fraction of sp³-hybridized carbons (Fsp3) is 0.667. The Morgan fingerprint density at radius 1 is 1.35 bits per heavy atom. The summed E-state index contributed by atoms with van der Waals surface area (Å²) in [4.78, 5) is 6.72. The van der Waals surface area contributed by atoms with Gasteiger partial charge in [0.15, 0.2) is 0 Å². The van der Waals surface area contributed by atoms with Crippen molar-refractivity contribution in [3.05, 3.63) is 23.9 Å². The van der Waals surface area contributed by atoms with Crippen LogP contribution in [0.15, 0.2) is 18.3 Å². The SMILES string of the molecule is CCNCc1ccnc(N(CCOC)C(C)COC)c1. The van der Waals surface area contributed by atoms with Gasteiger partial charge < -0.3 is 19.7 Å². The maximum atomic E-state index is 5.26. The summed E-state index contributed by atoms with van der Waals surface area (Å²) in [5.74, 6) is 0.974. The molecule has 1 unspecified atom stereocenters. The molecule has 0 saturated carbocycles. The summed E-state index contributed by atoms with van der Waals surface area (Å²) in [6, 6.07) is 4.43. The van der Waals surface area contributed by atoms with E-state index in [4.69, 9.17) is 9.47 Å². The largest absolute Gasteiger partial charge is 0.383 e. The van der Waals surface area contributed by atoms with Crippen molar-refractivity contribution in [2.45, 2.75) is 26.4 Å². The van der Waals surface area contributed by atoms with Gasteiger partial charge in [-0.05, 0) is 31.2 Å². The van der Waals surface area contributed by atoms with E-state index in [0.29, 0.717) is 13.2 Å². The standard InChI is InChI=1S/C15H27N3O2/c1-5-16-11-14-6-7-17-15(10-14)18(8-9-19-3)13(2)12-20-4/h6-7,10,13,16H,5,8-9,11-12H2,1-4H3. The minimum Gasteiger partial charge on any atom is -0.383 e. The zero-order valence-corrected chi connectivity index (χ0v) is 13.1.